The number of benzene rings is 1. The summed E-state index contributed by atoms with van der Waals surface area (Å²) in [7, 11) is 0. The van der Waals surface area contributed by atoms with Crippen molar-refractivity contribution in [1.29, 1.82) is 0 Å². The zero-order valence-electron chi connectivity index (χ0n) is 8.13. The number of carbonyl (C=O) groups is 1. The number of unbranched alkanes of at least 4 members (excludes halogenated alkanes) is 1. The van der Waals surface area contributed by atoms with E-state index in [1.54, 1.807) is 11.8 Å². The average Bonchev–Trinajstić information content (AvgIpc) is 2.19. The molecule has 0 spiro atoms. The Morgan fingerprint density at radius 2 is 2.29 bits per heavy atom. The van der Waals surface area contributed by atoms with E-state index in [2.05, 4.69) is 22.9 Å². The van der Waals surface area contributed by atoms with Crippen molar-refractivity contribution in [2.24, 2.45) is 0 Å². The third kappa shape index (κ3) is 3.46. The van der Waals surface area contributed by atoms with Gasteiger partial charge in [-0.1, -0.05) is 29.3 Å². The van der Waals surface area contributed by atoms with Crippen molar-refractivity contribution in [2.45, 2.75) is 24.7 Å². The highest BCUT2D eigenvalue weighted by molar-refractivity contribution is 9.10. The van der Waals surface area contributed by atoms with Gasteiger partial charge in [-0.3, -0.25) is 4.79 Å². The van der Waals surface area contributed by atoms with Crippen LogP contribution in [0.15, 0.2) is 27.6 Å². The van der Waals surface area contributed by atoms with E-state index in [-0.39, 0.29) is 0 Å². The topological polar surface area (TPSA) is 17.1 Å². The summed E-state index contributed by atoms with van der Waals surface area (Å²) in [6, 6.07) is 5.75. The van der Waals surface area contributed by atoms with Gasteiger partial charge < -0.3 is 0 Å². The van der Waals surface area contributed by atoms with E-state index in [0.717, 1.165) is 27.0 Å². The summed E-state index contributed by atoms with van der Waals surface area (Å²) in [5, 5.41) is 0. The maximum atomic E-state index is 10.7. The molecule has 0 heterocycles. The van der Waals surface area contributed by atoms with Crippen molar-refractivity contribution in [2.75, 3.05) is 5.75 Å². The van der Waals surface area contributed by atoms with Crippen LogP contribution in [-0.2, 0) is 0 Å². The number of carbonyl (C=O) groups excluding carboxylic acids is 1. The van der Waals surface area contributed by atoms with Gasteiger partial charge in [0.15, 0.2) is 6.29 Å². The molecule has 1 rings (SSSR count). The number of hydrogen-bond donors (Lipinski definition) is 0. The summed E-state index contributed by atoms with van der Waals surface area (Å²) >= 11 is 5.15. The molecule has 76 valence electrons. The molecule has 0 bridgehead atoms. The first-order chi connectivity index (χ1) is 6.77. The minimum atomic E-state index is 0.786. The van der Waals surface area contributed by atoms with E-state index >= 15 is 0 Å². The number of rotatable bonds is 5. The second kappa shape index (κ2) is 6.25. The second-order valence-corrected chi connectivity index (χ2v) is 5.05. The Hall–Kier alpha value is -0.280. The summed E-state index contributed by atoms with van der Waals surface area (Å²) in [4.78, 5) is 11.8. The predicted molar refractivity (Wildman–Crippen MR) is 65.2 cm³/mol. The molecule has 3 heteroatoms. The number of halogens is 1. The summed E-state index contributed by atoms with van der Waals surface area (Å²) in [6.07, 6.45) is 3.30. The van der Waals surface area contributed by atoms with Crippen LogP contribution in [-0.4, -0.2) is 12.0 Å². The molecule has 0 N–H and O–H groups in total. The zero-order chi connectivity index (χ0) is 10.4. The third-order valence-corrected chi connectivity index (χ3v) is 3.51. The van der Waals surface area contributed by atoms with Crippen LogP contribution in [0.2, 0.25) is 0 Å². The Kier molecular flexibility index (Phi) is 5.26. The lowest BCUT2D eigenvalue weighted by Gasteiger charge is -2.04. The van der Waals surface area contributed by atoms with Crippen LogP contribution in [0.5, 0.6) is 0 Å². The van der Waals surface area contributed by atoms with Crippen molar-refractivity contribution >= 4 is 34.0 Å². The van der Waals surface area contributed by atoms with Crippen LogP contribution in [0.4, 0.5) is 0 Å². The van der Waals surface area contributed by atoms with Crippen molar-refractivity contribution in [1.82, 2.24) is 0 Å². The third-order valence-electron chi connectivity index (χ3n) is 1.86. The molecule has 0 aliphatic carbocycles. The van der Waals surface area contributed by atoms with Gasteiger partial charge in [0.05, 0.1) is 0 Å². The van der Waals surface area contributed by atoms with Gasteiger partial charge in [-0.25, -0.2) is 0 Å². The molecule has 14 heavy (non-hydrogen) atoms. The van der Waals surface area contributed by atoms with E-state index in [4.69, 9.17) is 0 Å². The molecule has 0 amide bonds. The van der Waals surface area contributed by atoms with Crippen molar-refractivity contribution in [3.63, 3.8) is 0 Å². The van der Waals surface area contributed by atoms with Gasteiger partial charge >= 0.3 is 0 Å². The fourth-order valence-corrected chi connectivity index (χ4v) is 2.72. The number of thioether (sulfide) groups is 1. The average molecular weight is 273 g/mol. The lowest BCUT2D eigenvalue weighted by Crippen LogP contribution is -1.86. The second-order valence-electron chi connectivity index (χ2n) is 3.00. The molecule has 1 nitrogen and oxygen atoms in total. The first-order valence-electron chi connectivity index (χ1n) is 4.65. The monoisotopic (exact) mass is 272 g/mol. The van der Waals surface area contributed by atoms with Crippen LogP contribution in [0, 0.1) is 0 Å². The molecule has 1 aromatic rings. The molecular weight excluding hydrogens is 260 g/mol. The highest BCUT2D eigenvalue weighted by Crippen LogP contribution is 2.26. The van der Waals surface area contributed by atoms with E-state index in [1.807, 2.05) is 18.2 Å². The Balaban J connectivity index is 2.72. The molecule has 0 unspecified atom stereocenters. The number of hydrogen-bond acceptors (Lipinski definition) is 2. The van der Waals surface area contributed by atoms with E-state index in [0.29, 0.717) is 0 Å². The zero-order valence-corrected chi connectivity index (χ0v) is 10.5. The van der Waals surface area contributed by atoms with Crippen LogP contribution in [0.3, 0.4) is 0 Å². The van der Waals surface area contributed by atoms with Crippen molar-refractivity contribution < 1.29 is 4.79 Å². The molecule has 0 fully saturated rings. The van der Waals surface area contributed by atoms with Crippen LogP contribution >= 0.6 is 27.7 Å². The standard InChI is InChI=1S/C11H13BrOS/c1-2-3-6-14-11-7-10(12)5-4-9(11)8-13/h4-5,7-8H,2-3,6H2,1H3. The van der Waals surface area contributed by atoms with E-state index in [1.165, 1.54) is 12.8 Å². The van der Waals surface area contributed by atoms with E-state index < -0.39 is 0 Å². The fourth-order valence-electron chi connectivity index (χ4n) is 1.06. The highest BCUT2D eigenvalue weighted by Gasteiger charge is 2.02. The molecular formula is C11H13BrOS. The summed E-state index contributed by atoms with van der Waals surface area (Å²) in [5.41, 5.74) is 0.786. The molecule has 0 atom stereocenters. The fraction of sp³-hybridized carbons (Fsp3) is 0.364. The molecule has 0 saturated heterocycles. The Morgan fingerprint density at radius 1 is 1.50 bits per heavy atom. The first kappa shape index (κ1) is 11.8. The van der Waals surface area contributed by atoms with Gasteiger partial charge in [-0.15, -0.1) is 11.8 Å². The van der Waals surface area contributed by atoms with Crippen molar-refractivity contribution in [3.8, 4) is 0 Å². The lowest BCUT2D eigenvalue weighted by atomic mass is 10.2. The SMILES string of the molecule is CCCCSc1cc(Br)ccc1C=O. The molecule has 0 aromatic heterocycles. The van der Waals surface area contributed by atoms with Crippen molar-refractivity contribution in [3.05, 3.63) is 28.2 Å². The maximum absolute atomic E-state index is 10.7. The maximum Gasteiger partial charge on any atom is 0.151 e. The quantitative estimate of drug-likeness (QED) is 0.455. The van der Waals surface area contributed by atoms with Gasteiger partial charge in [0.1, 0.15) is 0 Å². The largest absolute Gasteiger partial charge is 0.298 e. The van der Waals surface area contributed by atoms with Gasteiger partial charge in [0.25, 0.3) is 0 Å². The molecule has 0 aliphatic heterocycles. The molecule has 1 aromatic carbocycles. The Labute approximate surface area is 97.4 Å². The summed E-state index contributed by atoms with van der Waals surface area (Å²) in [6.45, 7) is 2.17. The Bertz CT molecular complexity index is 312. The summed E-state index contributed by atoms with van der Waals surface area (Å²) in [5.74, 6) is 1.08. The molecule has 0 saturated carbocycles. The smallest absolute Gasteiger partial charge is 0.151 e. The van der Waals surface area contributed by atoms with Crippen LogP contribution < -0.4 is 0 Å². The predicted octanol–water partition coefficient (Wildman–Crippen LogP) is 4.15. The Morgan fingerprint density at radius 3 is 2.93 bits per heavy atom. The van der Waals surface area contributed by atoms with Crippen LogP contribution in [0.1, 0.15) is 30.1 Å². The highest BCUT2D eigenvalue weighted by atomic mass is 79.9. The van der Waals surface area contributed by atoms with Gasteiger partial charge in [-0.2, -0.15) is 0 Å². The number of aldehydes is 1. The molecule has 0 radical (unpaired) electrons. The molecule has 0 aliphatic rings. The lowest BCUT2D eigenvalue weighted by molar-refractivity contribution is 0.112. The van der Waals surface area contributed by atoms with Gasteiger partial charge in [-0.05, 0) is 30.4 Å². The normalized spacial score (nSPS) is 10.1. The van der Waals surface area contributed by atoms with Gasteiger partial charge in [0, 0.05) is 14.9 Å². The minimum absolute atomic E-state index is 0.786. The minimum Gasteiger partial charge on any atom is -0.298 e. The first-order valence-corrected chi connectivity index (χ1v) is 6.43. The van der Waals surface area contributed by atoms with Gasteiger partial charge in [0.2, 0.25) is 0 Å². The van der Waals surface area contributed by atoms with Crippen LogP contribution in [0.25, 0.3) is 0 Å². The van der Waals surface area contributed by atoms with E-state index in [9.17, 15) is 4.79 Å². The summed E-state index contributed by atoms with van der Waals surface area (Å²) < 4.78 is 1.03.